The Balaban J connectivity index is 1.41. The first-order chi connectivity index (χ1) is 13.1. The Morgan fingerprint density at radius 3 is 2.74 bits per heavy atom. The van der Waals surface area contributed by atoms with Crippen molar-refractivity contribution in [2.75, 3.05) is 37.7 Å². The van der Waals surface area contributed by atoms with Gasteiger partial charge in [0.2, 0.25) is 5.91 Å². The maximum absolute atomic E-state index is 13.1. The van der Waals surface area contributed by atoms with Crippen LogP contribution in [0.3, 0.4) is 0 Å². The second-order valence-electron chi connectivity index (χ2n) is 7.38. The molecule has 1 fully saturated rings. The van der Waals surface area contributed by atoms with Crippen LogP contribution in [0.1, 0.15) is 23.4 Å². The summed E-state index contributed by atoms with van der Waals surface area (Å²) in [4.78, 5) is 26.4. The van der Waals surface area contributed by atoms with E-state index in [1.165, 1.54) is 0 Å². The number of hydrogen-bond donors (Lipinski definition) is 0. The predicted molar refractivity (Wildman–Crippen MR) is 104 cm³/mol. The maximum Gasteiger partial charge on any atom is 0.226 e. The van der Waals surface area contributed by atoms with Gasteiger partial charge in [-0.05, 0) is 38.3 Å². The molecule has 0 bridgehead atoms. The third-order valence-electron chi connectivity index (χ3n) is 5.45. The monoisotopic (exact) mass is 366 g/mol. The number of amides is 1. The molecule has 3 heterocycles. The molecule has 2 aliphatic heterocycles. The van der Waals surface area contributed by atoms with Crippen molar-refractivity contribution in [1.82, 2.24) is 14.9 Å². The van der Waals surface area contributed by atoms with E-state index in [0.717, 1.165) is 67.5 Å². The number of carbonyl (C=O) groups excluding carboxylic acids is 1. The number of fused-ring (bicyclic) bond motifs is 1. The highest BCUT2D eigenvalue weighted by Gasteiger charge is 2.30. The Hall–Kier alpha value is -2.63. The van der Waals surface area contributed by atoms with E-state index in [9.17, 15) is 4.79 Å². The van der Waals surface area contributed by atoms with E-state index in [2.05, 4.69) is 20.9 Å². The van der Waals surface area contributed by atoms with Crippen LogP contribution in [0.15, 0.2) is 30.5 Å². The number of hydrogen-bond acceptors (Lipinski definition) is 5. The lowest BCUT2D eigenvalue weighted by Gasteiger charge is -2.37. The fraction of sp³-hybridized carbons (Fsp3) is 0.476. The Kier molecular flexibility index (Phi) is 4.97. The van der Waals surface area contributed by atoms with Gasteiger partial charge in [0.15, 0.2) is 0 Å². The molecule has 2 aromatic rings. The first-order valence-electron chi connectivity index (χ1n) is 9.66. The molecule has 0 unspecified atom stereocenters. The first-order valence-corrected chi connectivity index (χ1v) is 9.66. The van der Waals surface area contributed by atoms with Crippen molar-refractivity contribution in [3.05, 3.63) is 47.4 Å². The highest BCUT2D eigenvalue weighted by Crippen LogP contribution is 2.28. The number of para-hydroxylation sites is 1. The molecule has 1 amide bonds. The lowest BCUT2D eigenvalue weighted by molar-refractivity contribution is -0.136. The molecular weight excluding hydrogens is 340 g/mol. The number of nitrogens with zero attached hydrogens (tertiary/aromatic N) is 4. The van der Waals surface area contributed by atoms with Crippen LogP contribution in [0.4, 0.5) is 5.82 Å². The lowest BCUT2D eigenvalue weighted by atomic mass is 9.95. The quantitative estimate of drug-likeness (QED) is 0.817. The number of carbonyl (C=O) groups is 1. The molecule has 0 aliphatic carbocycles. The van der Waals surface area contributed by atoms with Crippen LogP contribution in [0.25, 0.3) is 0 Å². The summed E-state index contributed by atoms with van der Waals surface area (Å²) in [5.74, 6) is 2.12. The third kappa shape index (κ3) is 3.75. The average molecular weight is 366 g/mol. The minimum absolute atomic E-state index is 0.000646. The highest BCUT2D eigenvalue weighted by atomic mass is 16.5. The summed E-state index contributed by atoms with van der Waals surface area (Å²) in [5, 5.41) is 0. The van der Waals surface area contributed by atoms with Crippen LogP contribution in [0, 0.1) is 19.8 Å². The summed E-state index contributed by atoms with van der Waals surface area (Å²) < 4.78 is 5.82. The van der Waals surface area contributed by atoms with Crippen molar-refractivity contribution in [3.8, 4) is 5.75 Å². The van der Waals surface area contributed by atoms with E-state index in [4.69, 9.17) is 4.74 Å². The largest absolute Gasteiger partial charge is 0.493 e. The van der Waals surface area contributed by atoms with Crippen molar-refractivity contribution < 1.29 is 9.53 Å². The molecule has 4 rings (SSSR count). The first kappa shape index (κ1) is 17.8. The number of ether oxygens (including phenoxy) is 1. The van der Waals surface area contributed by atoms with Gasteiger partial charge in [-0.3, -0.25) is 9.78 Å². The number of rotatable bonds is 2. The van der Waals surface area contributed by atoms with Crippen molar-refractivity contribution in [3.63, 3.8) is 0 Å². The van der Waals surface area contributed by atoms with Crippen LogP contribution in [0.5, 0.6) is 5.75 Å². The lowest BCUT2D eigenvalue weighted by Crippen LogP contribution is -2.51. The molecule has 1 atom stereocenters. The molecule has 142 valence electrons. The Morgan fingerprint density at radius 2 is 1.93 bits per heavy atom. The molecule has 1 aromatic heterocycles. The summed E-state index contributed by atoms with van der Waals surface area (Å²) >= 11 is 0. The minimum Gasteiger partial charge on any atom is -0.493 e. The van der Waals surface area contributed by atoms with E-state index in [0.29, 0.717) is 6.61 Å². The van der Waals surface area contributed by atoms with Crippen LogP contribution in [-0.2, 0) is 11.2 Å². The Labute approximate surface area is 160 Å². The molecule has 0 spiro atoms. The second kappa shape index (κ2) is 7.55. The van der Waals surface area contributed by atoms with Gasteiger partial charge in [-0.25, -0.2) is 4.98 Å². The maximum atomic E-state index is 13.1. The van der Waals surface area contributed by atoms with Gasteiger partial charge in [0.25, 0.3) is 0 Å². The zero-order valence-corrected chi connectivity index (χ0v) is 16.0. The van der Waals surface area contributed by atoms with Crippen molar-refractivity contribution in [2.45, 2.75) is 26.7 Å². The van der Waals surface area contributed by atoms with Crippen molar-refractivity contribution in [1.29, 1.82) is 0 Å². The summed E-state index contributed by atoms with van der Waals surface area (Å²) in [7, 11) is 0. The van der Waals surface area contributed by atoms with Gasteiger partial charge < -0.3 is 14.5 Å². The topological polar surface area (TPSA) is 58.6 Å². The average Bonchev–Trinajstić information content (AvgIpc) is 2.92. The second-order valence-corrected chi connectivity index (χ2v) is 7.38. The van der Waals surface area contributed by atoms with Gasteiger partial charge in [0.05, 0.1) is 18.0 Å². The van der Waals surface area contributed by atoms with E-state index in [1.54, 1.807) is 6.20 Å². The van der Waals surface area contributed by atoms with E-state index in [-0.39, 0.29) is 11.8 Å². The van der Waals surface area contributed by atoms with Gasteiger partial charge >= 0.3 is 0 Å². The zero-order chi connectivity index (χ0) is 18.8. The van der Waals surface area contributed by atoms with Gasteiger partial charge in [-0.1, -0.05) is 18.2 Å². The Bertz CT molecular complexity index is 831. The molecule has 1 saturated heterocycles. The summed E-state index contributed by atoms with van der Waals surface area (Å²) in [6.07, 6.45) is 3.33. The normalized spacial score (nSPS) is 19.9. The number of aryl methyl sites for hydroxylation is 2. The summed E-state index contributed by atoms with van der Waals surface area (Å²) in [5.41, 5.74) is 3.00. The fourth-order valence-corrected chi connectivity index (χ4v) is 3.92. The Morgan fingerprint density at radius 1 is 1.15 bits per heavy atom. The molecular formula is C21H26N4O2. The van der Waals surface area contributed by atoms with Crippen LogP contribution in [-0.4, -0.2) is 53.6 Å². The highest BCUT2D eigenvalue weighted by molar-refractivity contribution is 5.79. The van der Waals surface area contributed by atoms with Gasteiger partial charge in [0, 0.05) is 38.3 Å². The molecule has 27 heavy (non-hydrogen) atoms. The van der Waals surface area contributed by atoms with Gasteiger partial charge in [-0.15, -0.1) is 0 Å². The van der Waals surface area contributed by atoms with Crippen LogP contribution < -0.4 is 9.64 Å². The smallest absolute Gasteiger partial charge is 0.226 e. The van der Waals surface area contributed by atoms with Gasteiger partial charge in [-0.2, -0.15) is 0 Å². The van der Waals surface area contributed by atoms with Crippen LogP contribution >= 0.6 is 0 Å². The third-order valence-corrected chi connectivity index (χ3v) is 5.45. The van der Waals surface area contributed by atoms with E-state index in [1.807, 2.05) is 36.9 Å². The molecule has 0 N–H and O–H groups in total. The van der Waals surface area contributed by atoms with Gasteiger partial charge in [0.1, 0.15) is 11.6 Å². The molecule has 6 heteroatoms. The minimum atomic E-state index is 0.000646. The zero-order valence-electron chi connectivity index (χ0n) is 16.0. The van der Waals surface area contributed by atoms with Crippen molar-refractivity contribution >= 4 is 11.7 Å². The standard InChI is InChI=1S/C21H26N4O2/c1-15-14-22-16(2)20(23-15)24-8-10-25(11-9-24)21(26)18-7-12-27-19-6-4-3-5-17(19)13-18/h3-6,14,18H,7-13H2,1-2H3/t18-/m1/s1. The van der Waals surface area contributed by atoms with E-state index >= 15 is 0 Å². The van der Waals surface area contributed by atoms with Crippen molar-refractivity contribution in [2.24, 2.45) is 5.92 Å². The number of anilines is 1. The number of aromatic nitrogens is 2. The molecule has 0 radical (unpaired) electrons. The fourth-order valence-electron chi connectivity index (χ4n) is 3.92. The molecule has 1 aromatic carbocycles. The predicted octanol–water partition coefficient (Wildman–Crippen LogP) is 2.38. The summed E-state index contributed by atoms with van der Waals surface area (Å²) in [6.45, 7) is 7.60. The van der Waals surface area contributed by atoms with E-state index < -0.39 is 0 Å². The number of benzene rings is 1. The summed E-state index contributed by atoms with van der Waals surface area (Å²) in [6, 6.07) is 8.06. The van der Waals surface area contributed by atoms with Crippen LogP contribution in [0.2, 0.25) is 0 Å². The number of piperazine rings is 1. The molecule has 0 saturated carbocycles. The SMILES string of the molecule is Cc1cnc(C)c(N2CCN(C(=O)[C@@H]3CCOc4ccccc4C3)CC2)n1. The molecule has 6 nitrogen and oxygen atoms in total. The molecule has 2 aliphatic rings.